The van der Waals surface area contributed by atoms with E-state index in [1.54, 1.807) is 19.4 Å². The van der Waals surface area contributed by atoms with Crippen LogP contribution in [0.5, 0.6) is 5.75 Å². The van der Waals surface area contributed by atoms with Gasteiger partial charge in [0.25, 0.3) is 0 Å². The average molecular weight is 391 g/mol. The number of fused-ring (bicyclic) bond motifs is 1. The minimum Gasteiger partial charge on any atom is -0.497 e. The van der Waals surface area contributed by atoms with E-state index in [0.29, 0.717) is 23.2 Å². The van der Waals surface area contributed by atoms with Gasteiger partial charge in [-0.1, -0.05) is 0 Å². The summed E-state index contributed by atoms with van der Waals surface area (Å²) in [7, 11) is 1.68. The van der Waals surface area contributed by atoms with Crippen LogP contribution >= 0.6 is 0 Å². The van der Waals surface area contributed by atoms with E-state index in [1.807, 2.05) is 24.3 Å². The van der Waals surface area contributed by atoms with Gasteiger partial charge in [0, 0.05) is 37.9 Å². The van der Waals surface area contributed by atoms with Crippen molar-refractivity contribution in [1.82, 2.24) is 19.6 Å². The van der Waals surface area contributed by atoms with Crippen molar-refractivity contribution in [3.8, 4) is 17.3 Å². The summed E-state index contributed by atoms with van der Waals surface area (Å²) in [6.07, 6.45) is 1.59. The van der Waals surface area contributed by atoms with E-state index >= 15 is 0 Å². The fourth-order valence-electron chi connectivity index (χ4n) is 3.56. The lowest BCUT2D eigenvalue weighted by atomic mass is 10.2. The molecule has 1 aliphatic heterocycles. The molecule has 0 amide bonds. The molecule has 0 radical (unpaired) electrons. The van der Waals surface area contributed by atoms with Crippen LogP contribution in [0, 0.1) is 0 Å². The molecule has 0 spiro atoms. The minimum atomic E-state index is 0.306. The summed E-state index contributed by atoms with van der Waals surface area (Å²) < 4.78 is 12.2. The van der Waals surface area contributed by atoms with Crippen molar-refractivity contribution in [2.75, 3.05) is 48.8 Å². The zero-order valence-corrected chi connectivity index (χ0v) is 16.0. The first kappa shape index (κ1) is 17.4. The van der Waals surface area contributed by atoms with Crippen LogP contribution in [0.2, 0.25) is 0 Å². The van der Waals surface area contributed by atoms with Crippen LogP contribution in [0.4, 0.5) is 17.5 Å². The minimum absolute atomic E-state index is 0.306. The van der Waals surface area contributed by atoms with Crippen molar-refractivity contribution >= 4 is 23.1 Å². The van der Waals surface area contributed by atoms with Crippen LogP contribution in [-0.2, 0) is 0 Å². The molecule has 5 rings (SSSR count). The Kier molecular flexibility index (Phi) is 4.19. The molecule has 9 nitrogen and oxygen atoms in total. The monoisotopic (exact) mass is 391 g/mol. The van der Waals surface area contributed by atoms with Gasteiger partial charge in [-0.2, -0.15) is 9.50 Å². The van der Waals surface area contributed by atoms with Gasteiger partial charge in [0.05, 0.1) is 13.4 Å². The Labute approximate surface area is 167 Å². The van der Waals surface area contributed by atoms with Gasteiger partial charge in [-0.05, 0) is 36.4 Å². The molecule has 2 N–H and O–H groups in total. The number of aromatic nitrogens is 4. The van der Waals surface area contributed by atoms with Gasteiger partial charge in [-0.15, -0.1) is 5.10 Å². The number of methoxy groups -OCH3 is 1. The lowest BCUT2D eigenvalue weighted by molar-refractivity contribution is 0.415. The zero-order chi connectivity index (χ0) is 19.8. The van der Waals surface area contributed by atoms with Crippen LogP contribution in [0.15, 0.2) is 53.1 Å². The first-order valence-corrected chi connectivity index (χ1v) is 9.42. The molecule has 0 unspecified atom stereocenters. The zero-order valence-electron chi connectivity index (χ0n) is 16.0. The third kappa shape index (κ3) is 3.20. The molecule has 4 aromatic rings. The molecule has 1 aliphatic rings. The number of anilines is 3. The highest BCUT2D eigenvalue weighted by Gasteiger charge is 2.21. The molecule has 1 fully saturated rings. The lowest BCUT2D eigenvalue weighted by Gasteiger charge is -2.36. The topological polar surface area (TPSA) is 98.0 Å². The maximum Gasteiger partial charge on any atom is 0.225 e. The Morgan fingerprint density at radius 3 is 2.45 bits per heavy atom. The second-order valence-electron chi connectivity index (χ2n) is 6.83. The van der Waals surface area contributed by atoms with Crippen LogP contribution in [-0.4, -0.2) is 52.9 Å². The molecule has 9 heteroatoms. The number of nitrogens with zero attached hydrogens (tertiary/aromatic N) is 6. The summed E-state index contributed by atoms with van der Waals surface area (Å²) in [5, 5.41) is 4.39. The first-order chi connectivity index (χ1) is 14.2. The molecule has 0 bridgehead atoms. The summed E-state index contributed by atoms with van der Waals surface area (Å²) in [5.41, 5.74) is 7.98. The molecule has 0 saturated carbocycles. The third-order valence-electron chi connectivity index (χ3n) is 5.12. The van der Waals surface area contributed by atoms with E-state index < -0.39 is 0 Å². The number of ether oxygens (including phenoxy) is 1. The number of hydrogen-bond acceptors (Lipinski definition) is 8. The van der Waals surface area contributed by atoms with Gasteiger partial charge in [-0.25, -0.2) is 4.98 Å². The molecule has 1 saturated heterocycles. The van der Waals surface area contributed by atoms with Gasteiger partial charge < -0.3 is 24.7 Å². The first-order valence-electron chi connectivity index (χ1n) is 9.42. The van der Waals surface area contributed by atoms with Crippen molar-refractivity contribution < 1.29 is 9.15 Å². The second-order valence-corrected chi connectivity index (χ2v) is 6.83. The number of nitrogen functional groups attached to an aromatic ring is 1. The molecule has 148 valence electrons. The molecule has 1 aromatic carbocycles. The Morgan fingerprint density at radius 2 is 1.76 bits per heavy atom. The Morgan fingerprint density at radius 1 is 1.00 bits per heavy atom. The standard InChI is InChI=1S/C20H21N7O2/c1-28-15-6-4-14(5-7-15)25-8-10-26(11-9-25)17-13-18-22-19(16-3-2-12-29-16)24-27(18)20(21)23-17/h2-7,12-13H,8-11H2,1H3,(H2,21,23). The van der Waals surface area contributed by atoms with Crippen molar-refractivity contribution in [2.24, 2.45) is 0 Å². The van der Waals surface area contributed by atoms with E-state index in [9.17, 15) is 0 Å². The van der Waals surface area contributed by atoms with E-state index in [0.717, 1.165) is 37.7 Å². The van der Waals surface area contributed by atoms with Gasteiger partial charge in [0.2, 0.25) is 11.8 Å². The fourth-order valence-corrected chi connectivity index (χ4v) is 3.56. The van der Waals surface area contributed by atoms with Gasteiger partial charge in [0.1, 0.15) is 11.6 Å². The van der Waals surface area contributed by atoms with Gasteiger partial charge >= 0.3 is 0 Å². The van der Waals surface area contributed by atoms with Crippen molar-refractivity contribution in [1.29, 1.82) is 0 Å². The number of hydrogen-bond donors (Lipinski definition) is 1. The number of benzene rings is 1. The maximum atomic E-state index is 6.15. The summed E-state index contributed by atoms with van der Waals surface area (Å²) in [4.78, 5) is 13.6. The number of nitrogens with two attached hydrogens (primary N) is 1. The highest BCUT2D eigenvalue weighted by molar-refractivity contribution is 5.60. The van der Waals surface area contributed by atoms with E-state index in [-0.39, 0.29) is 0 Å². The molecule has 4 heterocycles. The number of furan rings is 1. The van der Waals surface area contributed by atoms with Crippen molar-refractivity contribution in [3.05, 3.63) is 48.7 Å². The van der Waals surface area contributed by atoms with E-state index in [4.69, 9.17) is 14.9 Å². The Balaban J connectivity index is 1.34. The molecule has 3 aromatic heterocycles. The molecule has 0 aliphatic carbocycles. The lowest BCUT2D eigenvalue weighted by Crippen LogP contribution is -2.46. The average Bonchev–Trinajstić information content (AvgIpc) is 3.44. The predicted molar refractivity (Wildman–Crippen MR) is 110 cm³/mol. The highest BCUT2D eigenvalue weighted by atomic mass is 16.5. The fraction of sp³-hybridized carbons (Fsp3) is 0.250. The summed E-state index contributed by atoms with van der Waals surface area (Å²) in [6, 6.07) is 13.7. The quantitative estimate of drug-likeness (QED) is 0.566. The molecule has 0 atom stereocenters. The maximum absolute atomic E-state index is 6.15. The largest absolute Gasteiger partial charge is 0.497 e. The van der Waals surface area contributed by atoms with Crippen LogP contribution in [0.3, 0.4) is 0 Å². The van der Waals surface area contributed by atoms with Gasteiger partial charge in [-0.3, -0.25) is 0 Å². The van der Waals surface area contributed by atoms with Crippen molar-refractivity contribution in [2.45, 2.75) is 0 Å². The SMILES string of the molecule is COc1ccc(N2CCN(c3cc4nc(-c5ccco5)nn4c(N)n3)CC2)cc1. The van der Waals surface area contributed by atoms with E-state index in [1.165, 1.54) is 10.2 Å². The highest BCUT2D eigenvalue weighted by Crippen LogP contribution is 2.24. The summed E-state index contributed by atoms with van der Waals surface area (Å²) >= 11 is 0. The molecular formula is C20H21N7O2. The Bertz CT molecular complexity index is 1110. The normalized spacial score (nSPS) is 14.5. The second kappa shape index (κ2) is 7.01. The molecular weight excluding hydrogens is 370 g/mol. The number of piperazine rings is 1. The smallest absolute Gasteiger partial charge is 0.225 e. The third-order valence-corrected chi connectivity index (χ3v) is 5.12. The summed E-state index contributed by atoms with van der Waals surface area (Å²) in [5.74, 6) is 3.07. The van der Waals surface area contributed by atoms with Crippen molar-refractivity contribution in [3.63, 3.8) is 0 Å². The predicted octanol–water partition coefficient (Wildman–Crippen LogP) is 2.30. The Hall–Kier alpha value is -3.75. The molecule has 29 heavy (non-hydrogen) atoms. The summed E-state index contributed by atoms with van der Waals surface area (Å²) in [6.45, 7) is 3.47. The van der Waals surface area contributed by atoms with E-state index in [2.05, 4.69) is 37.0 Å². The van der Waals surface area contributed by atoms with Crippen LogP contribution < -0.4 is 20.3 Å². The number of rotatable bonds is 4. The van der Waals surface area contributed by atoms with Crippen LogP contribution in [0.25, 0.3) is 17.2 Å². The van der Waals surface area contributed by atoms with Gasteiger partial charge in [0.15, 0.2) is 11.4 Å². The van der Waals surface area contributed by atoms with Crippen LogP contribution in [0.1, 0.15) is 0 Å².